The molecule has 5 rings (SSSR count). The molecule has 2 aliphatic rings. The smallest absolute Gasteiger partial charge is 0.329 e. The largest absolute Gasteiger partial charge is 0.457 e. The van der Waals surface area contributed by atoms with Crippen molar-refractivity contribution < 1.29 is 22.7 Å². The summed E-state index contributed by atoms with van der Waals surface area (Å²) in [7, 11) is -3.97. The molecule has 0 aliphatic carbocycles. The third kappa shape index (κ3) is 4.02. The van der Waals surface area contributed by atoms with Crippen LogP contribution in [0, 0.1) is 0 Å². The highest BCUT2D eigenvalue weighted by Crippen LogP contribution is 2.33. The van der Waals surface area contributed by atoms with Crippen LogP contribution in [0.15, 0.2) is 83.8 Å². The van der Waals surface area contributed by atoms with Crippen molar-refractivity contribution in [2.75, 3.05) is 11.4 Å². The highest BCUT2D eigenvalue weighted by Gasteiger charge is 2.52. The Bertz CT molecular complexity index is 1330. The van der Waals surface area contributed by atoms with Crippen molar-refractivity contribution >= 4 is 39.2 Å². The van der Waals surface area contributed by atoms with Crippen LogP contribution in [0.3, 0.4) is 0 Å². The molecule has 2 atom stereocenters. The molecule has 2 aliphatic heterocycles. The third-order valence-electron chi connectivity index (χ3n) is 5.83. The molecule has 174 valence electrons. The number of fused-ring (bicyclic) bond motifs is 1. The average Bonchev–Trinajstić information content (AvgIpc) is 3.26. The van der Waals surface area contributed by atoms with Gasteiger partial charge in [-0.3, -0.25) is 4.79 Å². The Balaban J connectivity index is 1.40. The van der Waals surface area contributed by atoms with Gasteiger partial charge in [-0.1, -0.05) is 29.8 Å². The van der Waals surface area contributed by atoms with Gasteiger partial charge in [0.25, 0.3) is 5.91 Å². The Hall–Kier alpha value is -3.40. The fraction of sp³-hybridized carbons (Fsp3) is 0.167. The zero-order chi connectivity index (χ0) is 23.9. The van der Waals surface area contributed by atoms with Gasteiger partial charge in [0.05, 0.1) is 16.6 Å². The van der Waals surface area contributed by atoms with Crippen LogP contribution < -0.4 is 15.0 Å². The first-order valence-corrected chi connectivity index (χ1v) is 12.4. The van der Waals surface area contributed by atoms with E-state index >= 15 is 0 Å². The maximum Gasteiger partial charge on any atom is 0.329 e. The summed E-state index contributed by atoms with van der Waals surface area (Å²) in [6.45, 7) is 0.115. The van der Waals surface area contributed by atoms with Gasteiger partial charge in [-0.05, 0) is 67.1 Å². The van der Waals surface area contributed by atoms with Gasteiger partial charge < -0.3 is 10.1 Å². The quantitative estimate of drug-likeness (QED) is 0.574. The predicted octanol–water partition coefficient (Wildman–Crippen LogP) is 4.02. The maximum atomic E-state index is 13.4. The van der Waals surface area contributed by atoms with Crippen LogP contribution in [-0.2, 0) is 14.8 Å². The summed E-state index contributed by atoms with van der Waals surface area (Å²) in [5, 5.41) is 3.19. The van der Waals surface area contributed by atoms with Crippen LogP contribution in [0.4, 0.5) is 10.5 Å². The van der Waals surface area contributed by atoms with Crippen molar-refractivity contribution in [3.05, 3.63) is 83.9 Å². The average molecular weight is 498 g/mol. The number of anilines is 1. The number of nitrogens with zero attached hydrogens (tertiary/aromatic N) is 2. The molecule has 0 bridgehead atoms. The van der Waals surface area contributed by atoms with Crippen LogP contribution in [-0.4, -0.2) is 43.3 Å². The molecular formula is C24H20ClN3O5S. The number of amides is 3. The normalized spacial score (nSPS) is 20.7. The second-order valence-electron chi connectivity index (χ2n) is 7.94. The third-order valence-corrected chi connectivity index (χ3v) is 7.98. The number of para-hydroxylation sites is 1. The molecule has 2 heterocycles. The number of rotatable bonds is 5. The molecule has 1 N–H and O–H groups in total. The van der Waals surface area contributed by atoms with Crippen LogP contribution >= 0.6 is 11.6 Å². The number of halogens is 1. The van der Waals surface area contributed by atoms with Gasteiger partial charge in [0.1, 0.15) is 17.5 Å². The van der Waals surface area contributed by atoms with E-state index < -0.39 is 34.0 Å². The van der Waals surface area contributed by atoms with E-state index in [1.54, 1.807) is 24.3 Å². The lowest BCUT2D eigenvalue weighted by Gasteiger charge is -2.36. The van der Waals surface area contributed by atoms with Crippen molar-refractivity contribution in [3.8, 4) is 11.5 Å². The van der Waals surface area contributed by atoms with Crippen LogP contribution in [0.1, 0.15) is 6.42 Å². The summed E-state index contributed by atoms with van der Waals surface area (Å²) in [5.74, 6) is 0.588. The molecule has 0 aromatic heterocycles. The van der Waals surface area contributed by atoms with Gasteiger partial charge in [0, 0.05) is 11.6 Å². The van der Waals surface area contributed by atoms with E-state index in [1.807, 2.05) is 30.3 Å². The maximum absolute atomic E-state index is 13.4. The summed E-state index contributed by atoms with van der Waals surface area (Å²) in [4.78, 5) is 27.2. The summed E-state index contributed by atoms with van der Waals surface area (Å²) in [6.07, 6.45) is 0.340. The molecule has 0 saturated carbocycles. The fourth-order valence-corrected chi connectivity index (χ4v) is 5.97. The van der Waals surface area contributed by atoms with E-state index in [0.29, 0.717) is 28.6 Å². The molecule has 10 heteroatoms. The Kier molecular flexibility index (Phi) is 5.76. The second-order valence-corrected chi connectivity index (χ2v) is 10.3. The first kappa shape index (κ1) is 22.4. The monoisotopic (exact) mass is 497 g/mol. The number of carbonyl (C=O) groups excluding carboxylic acids is 2. The predicted molar refractivity (Wildman–Crippen MR) is 127 cm³/mol. The highest BCUT2D eigenvalue weighted by molar-refractivity contribution is 7.89. The summed E-state index contributed by atoms with van der Waals surface area (Å²) in [6, 6.07) is 19.2. The first-order valence-electron chi connectivity index (χ1n) is 10.6. The van der Waals surface area contributed by atoms with Gasteiger partial charge in [-0.15, -0.1) is 0 Å². The molecular weight excluding hydrogens is 478 g/mol. The van der Waals surface area contributed by atoms with E-state index in [4.69, 9.17) is 16.3 Å². The fourth-order valence-electron chi connectivity index (χ4n) is 4.21. The SMILES string of the molecule is O=C1NC2CCN(S(=O)(=O)c3ccc(Cl)cc3)C2C(=O)N1c1ccc(Oc2ccccc2)cc1. The lowest BCUT2D eigenvalue weighted by Crippen LogP contribution is -2.64. The molecule has 3 aromatic rings. The summed E-state index contributed by atoms with van der Waals surface area (Å²) >= 11 is 5.89. The Morgan fingerprint density at radius 3 is 2.21 bits per heavy atom. The van der Waals surface area contributed by atoms with Crippen molar-refractivity contribution in [2.45, 2.75) is 23.4 Å². The van der Waals surface area contributed by atoms with E-state index in [2.05, 4.69) is 5.32 Å². The number of hydrogen-bond acceptors (Lipinski definition) is 5. The number of benzene rings is 3. The molecule has 34 heavy (non-hydrogen) atoms. The zero-order valence-electron chi connectivity index (χ0n) is 17.8. The second kappa shape index (κ2) is 8.75. The lowest BCUT2D eigenvalue weighted by atomic mass is 10.1. The minimum absolute atomic E-state index is 0.0382. The zero-order valence-corrected chi connectivity index (χ0v) is 19.4. The van der Waals surface area contributed by atoms with Crippen molar-refractivity contribution in [1.82, 2.24) is 9.62 Å². The Morgan fingerprint density at radius 1 is 0.882 bits per heavy atom. The summed E-state index contributed by atoms with van der Waals surface area (Å²) < 4.78 is 33.5. The summed E-state index contributed by atoms with van der Waals surface area (Å²) in [5.41, 5.74) is 0.317. The molecule has 3 amide bonds. The van der Waals surface area contributed by atoms with Crippen molar-refractivity contribution in [1.29, 1.82) is 0 Å². The minimum Gasteiger partial charge on any atom is -0.457 e. The lowest BCUT2D eigenvalue weighted by molar-refractivity contribution is -0.122. The van der Waals surface area contributed by atoms with Gasteiger partial charge in [0.15, 0.2) is 0 Å². The molecule has 8 nitrogen and oxygen atoms in total. The molecule has 3 aromatic carbocycles. The Morgan fingerprint density at radius 2 is 1.53 bits per heavy atom. The Labute approximate surface area is 201 Å². The molecule has 0 radical (unpaired) electrons. The topological polar surface area (TPSA) is 96.0 Å². The van der Waals surface area contributed by atoms with Crippen LogP contribution in [0.25, 0.3) is 0 Å². The number of urea groups is 1. The highest BCUT2D eigenvalue weighted by atomic mass is 35.5. The number of ether oxygens (including phenoxy) is 1. The van der Waals surface area contributed by atoms with Gasteiger partial charge in [0.2, 0.25) is 10.0 Å². The first-order chi connectivity index (χ1) is 16.3. The van der Waals surface area contributed by atoms with Gasteiger partial charge in [-0.25, -0.2) is 18.1 Å². The van der Waals surface area contributed by atoms with Crippen molar-refractivity contribution in [3.63, 3.8) is 0 Å². The van der Waals surface area contributed by atoms with Gasteiger partial charge in [-0.2, -0.15) is 4.31 Å². The van der Waals surface area contributed by atoms with E-state index in [9.17, 15) is 18.0 Å². The molecule has 0 spiro atoms. The molecule has 2 unspecified atom stereocenters. The number of carbonyl (C=O) groups is 2. The number of sulfonamides is 1. The van der Waals surface area contributed by atoms with Crippen LogP contribution in [0.2, 0.25) is 5.02 Å². The van der Waals surface area contributed by atoms with Crippen LogP contribution in [0.5, 0.6) is 11.5 Å². The number of imide groups is 1. The van der Waals surface area contributed by atoms with Gasteiger partial charge >= 0.3 is 6.03 Å². The van der Waals surface area contributed by atoms with E-state index in [1.165, 1.54) is 24.3 Å². The number of hydrogen-bond donors (Lipinski definition) is 1. The minimum atomic E-state index is -3.97. The molecule has 2 saturated heterocycles. The van der Waals surface area contributed by atoms with E-state index in [0.717, 1.165) is 9.21 Å². The molecule has 2 fully saturated rings. The van der Waals surface area contributed by atoms with Crippen molar-refractivity contribution in [2.24, 2.45) is 0 Å². The number of nitrogens with one attached hydrogen (secondary N) is 1. The van der Waals surface area contributed by atoms with E-state index in [-0.39, 0.29) is 11.4 Å². The standard InChI is InChI=1S/C24H20ClN3O5S/c25-16-6-12-20(13-7-16)34(31,32)27-15-14-21-22(27)23(29)28(24(30)26-21)17-8-10-19(11-9-17)33-18-4-2-1-3-5-18/h1-13,21-22H,14-15H2,(H,26,30).